The van der Waals surface area contributed by atoms with E-state index in [4.69, 9.17) is 4.42 Å². The van der Waals surface area contributed by atoms with E-state index < -0.39 is 0 Å². The molecule has 1 heterocycles. The van der Waals surface area contributed by atoms with E-state index in [2.05, 4.69) is 82.4 Å². The lowest BCUT2D eigenvalue weighted by atomic mass is 9.63. The normalized spacial score (nSPS) is 17.4. The van der Waals surface area contributed by atoms with Gasteiger partial charge in [0.25, 0.3) is 0 Å². The molecule has 5 rings (SSSR count). The van der Waals surface area contributed by atoms with Crippen molar-refractivity contribution >= 4 is 33.3 Å². The number of hydrogen-bond acceptors (Lipinski definition) is 2. The summed E-state index contributed by atoms with van der Waals surface area (Å²) in [5, 5.41) is 6.01. The summed E-state index contributed by atoms with van der Waals surface area (Å²) >= 11 is 0. The number of furan rings is 1. The average Bonchev–Trinajstić information content (AvgIpc) is 3.05. The van der Waals surface area contributed by atoms with E-state index >= 15 is 0 Å². The molecule has 0 saturated carbocycles. The van der Waals surface area contributed by atoms with Gasteiger partial charge in [0.1, 0.15) is 11.2 Å². The minimum Gasteiger partial charge on any atom is -0.456 e. The van der Waals surface area contributed by atoms with Crippen LogP contribution in [0.15, 0.2) is 59.0 Å². The van der Waals surface area contributed by atoms with Gasteiger partial charge in [0, 0.05) is 22.1 Å². The molecule has 0 bridgehead atoms. The van der Waals surface area contributed by atoms with Crippen molar-refractivity contribution in [2.45, 2.75) is 58.3 Å². The number of benzene rings is 3. The van der Waals surface area contributed by atoms with Crippen molar-refractivity contribution in [2.75, 3.05) is 5.32 Å². The molecule has 0 saturated heterocycles. The Kier molecular flexibility index (Phi) is 3.87. The van der Waals surface area contributed by atoms with E-state index in [1.807, 2.05) is 12.1 Å². The zero-order valence-electron chi connectivity index (χ0n) is 18.0. The van der Waals surface area contributed by atoms with Crippen molar-refractivity contribution < 1.29 is 4.42 Å². The first-order valence-electron chi connectivity index (χ1n) is 10.6. The zero-order valence-corrected chi connectivity index (χ0v) is 18.0. The summed E-state index contributed by atoms with van der Waals surface area (Å²) < 4.78 is 5.98. The van der Waals surface area contributed by atoms with E-state index in [9.17, 15) is 0 Å². The van der Waals surface area contributed by atoms with E-state index in [0.29, 0.717) is 0 Å². The molecule has 0 fully saturated rings. The Morgan fingerprint density at radius 1 is 0.759 bits per heavy atom. The van der Waals surface area contributed by atoms with Crippen molar-refractivity contribution in [3.05, 3.63) is 71.3 Å². The Labute approximate surface area is 172 Å². The van der Waals surface area contributed by atoms with Gasteiger partial charge in [-0.05, 0) is 77.6 Å². The Hall–Kier alpha value is -2.74. The minimum absolute atomic E-state index is 0.208. The third-order valence-electron chi connectivity index (χ3n) is 6.85. The Morgan fingerprint density at radius 2 is 1.41 bits per heavy atom. The fourth-order valence-corrected chi connectivity index (χ4v) is 4.82. The Morgan fingerprint density at radius 3 is 2.17 bits per heavy atom. The van der Waals surface area contributed by atoms with Gasteiger partial charge in [0.2, 0.25) is 0 Å². The Bertz CT molecular complexity index is 1240. The fourth-order valence-electron chi connectivity index (χ4n) is 4.82. The largest absolute Gasteiger partial charge is 0.456 e. The van der Waals surface area contributed by atoms with Crippen LogP contribution < -0.4 is 5.32 Å². The molecule has 0 unspecified atom stereocenters. The van der Waals surface area contributed by atoms with Gasteiger partial charge in [0.05, 0.1) is 0 Å². The zero-order chi connectivity index (χ0) is 20.4. The van der Waals surface area contributed by atoms with Crippen LogP contribution in [0.4, 0.5) is 11.4 Å². The quantitative estimate of drug-likeness (QED) is 0.379. The van der Waals surface area contributed by atoms with Gasteiger partial charge in [-0.2, -0.15) is 0 Å². The summed E-state index contributed by atoms with van der Waals surface area (Å²) in [6.45, 7) is 11.7. The molecule has 1 aliphatic rings. The van der Waals surface area contributed by atoms with Crippen LogP contribution in [0.3, 0.4) is 0 Å². The van der Waals surface area contributed by atoms with Crippen LogP contribution in [0.1, 0.15) is 57.2 Å². The number of nitrogens with one attached hydrogen (secondary N) is 1. The molecule has 2 nitrogen and oxygen atoms in total. The van der Waals surface area contributed by atoms with Crippen molar-refractivity contribution in [3.8, 4) is 0 Å². The molecule has 0 radical (unpaired) electrons. The summed E-state index contributed by atoms with van der Waals surface area (Å²) in [6.07, 6.45) is 2.46. The van der Waals surface area contributed by atoms with Crippen LogP contribution in [-0.4, -0.2) is 0 Å². The second kappa shape index (κ2) is 6.13. The van der Waals surface area contributed by atoms with Crippen molar-refractivity contribution in [1.82, 2.24) is 0 Å². The van der Waals surface area contributed by atoms with Gasteiger partial charge in [-0.1, -0.05) is 52.0 Å². The number of hydrogen-bond donors (Lipinski definition) is 1. The SMILES string of the molecule is Cc1cc2c(cc1Nc1ccc3oc4ccccc4c3c1)C(C)(C)CCC2(C)C. The standard InChI is InChI=1S/C27H29NO/c1-17-14-21-22(27(4,5)13-12-26(21,2)3)16-23(17)28-18-10-11-25-20(15-18)19-8-6-7-9-24(19)29-25/h6-11,14-16,28H,12-13H2,1-5H3. The fraction of sp³-hybridized carbons (Fsp3) is 0.333. The second-order valence-electron chi connectivity index (χ2n) is 9.91. The highest BCUT2D eigenvalue weighted by molar-refractivity contribution is 6.06. The van der Waals surface area contributed by atoms with Gasteiger partial charge in [-0.3, -0.25) is 0 Å². The molecule has 3 aromatic carbocycles. The van der Waals surface area contributed by atoms with E-state index in [0.717, 1.165) is 27.6 Å². The summed E-state index contributed by atoms with van der Waals surface area (Å²) in [4.78, 5) is 0. The van der Waals surface area contributed by atoms with Crippen molar-refractivity contribution in [2.24, 2.45) is 0 Å². The highest BCUT2D eigenvalue weighted by Crippen LogP contribution is 2.47. The molecule has 2 heteroatoms. The van der Waals surface area contributed by atoms with Gasteiger partial charge in [-0.15, -0.1) is 0 Å². The average molecular weight is 384 g/mol. The monoisotopic (exact) mass is 383 g/mol. The minimum atomic E-state index is 0.208. The summed E-state index contributed by atoms with van der Waals surface area (Å²) in [6, 6.07) is 19.4. The first-order chi connectivity index (χ1) is 13.7. The van der Waals surface area contributed by atoms with E-state index in [-0.39, 0.29) is 10.8 Å². The van der Waals surface area contributed by atoms with Crippen LogP contribution in [0.5, 0.6) is 0 Å². The van der Waals surface area contributed by atoms with Gasteiger partial charge in [-0.25, -0.2) is 0 Å². The summed E-state index contributed by atoms with van der Waals surface area (Å²) in [5.41, 5.74) is 8.90. The molecule has 1 N–H and O–H groups in total. The van der Waals surface area contributed by atoms with Crippen LogP contribution in [0, 0.1) is 6.92 Å². The molecule has 0 spiro atoms. The number of aryl methyl sites for hydroxylation is 1. The van der Waals surface area contributed by atoms with Gasteiger partial charge in [0.15, 0.2) is 0 Å². The predicted molar refractivity (Wildman–Crippen MR) is 123 cm³/mol. The number of para-hydroxylation sites is 1. The molecule has 4 aromatic rings. The smallest absolute Gasteiger partial charge is 0.135 e. The highest BCUT2D eigenvalue weighted by Gasteiger charge is 2.37. The number of anilines is 2. The first kappa shape index (κ1) is 18.3. The lowest BCUT2D eigenvalue weighted by Gasteiger charge is -2.42. The van der Waals surface area contributed by atoms with Gasteiger partial charge >= 0.3 is 0 Å². The highest BCUT2D eigenvalue weighted by atomic mass is 16.3. The number of fused-ring (bicyclic) bond motifs is 4. The van der Waals surface area contributed by atoms with Crippen LogP contribution >= 0.6 is 0 Å². The van der Waals surface area contributed by atoms with Crippen LogP contribution in [0.2, 0.25) is 0 Å². The summed E-state index contributed by atoms with van der Waals surface area (Å²) in [7, 11) is 0. The topological polar surface area (TPSA) is 25.2 Å². The summed E-state index contributed by atoms with van der Waals surface area (Å²) in [5.74, 6) is 0. The molecule has 29 heavy (non-hydrogen) atoms. The predicted octanol–water partition coefficient (Wildman–Crippen LogP) is 7.99. The lowest BCUT2D eigenvalue weighted by molar-refractivity contribution is 0.332. The molecule has 1 aromatic heterocycles. The Balaban J connectivity index is 1.59. The van der Waals surface area contributed by atoms with Gasteiger partial charge < -0.3 is 9.73 Å². The maximum atomic E-state index is 5.98. The molecule has 0 aliphatic heterocycles. The van der Waals surface area contributed by atoms with E-state index in [1.54, 1.807) is 0 Å². The maximum Gasteiger partial charge on any atom is 0.135 e. The third-order valence-corrected chi connectivity index (χ3v) is 6.85. The maximum absolute atomic E-state index is 5.98. The molecule has 1 aliphatic carbocycles. The van der Waals surface area contributed by atoms with Crippen LogP contribution in [0.25, 0.3) is 21.9 Å². The van der Waals surface area contributed by atoms with E-state index in [1.165, 1.54) is 35.2 Å². The van der Waals surface area contributed by atoms with Crippen LogP contribution in [-0.2, 0) is 10.8 Å². The molecular weight excluding hydrogens is 354 g/mol. The first-order valence-corrected chi connectivity index (χ1v) is 10.6. The molecule has 148 valence electrons. The number of rotatable bonds is 2. The molecule has 0 amide bonds. The molecular formula is C27H29NO. The molecule has 0 atom stereocenters. The lowest BCUT2D eigenvalue weighted by Crippen LogP contribution is -2.34. The second-order valence-corrected chi connectivity index (χ2v) is 9.91. The third kappa shape index (κ3) is 2.93. The van der Waals surface area contributed by atoms with Crippen molar-refractivity contribution in [1.29, 1.82) is 0 Å². The van der Waals surface area contributed by atoms with Crippen molar-refractivity contribution in [3.63, 3.8) is 0 Å².